The average Bonchev–Trinajstić information content (AvgIpc) is 2.57. The molecule has 1 saturated heterocycles. The van der Waals surface area contributed by atoms with E-state index in [1.807, 2.05) is 55.1 Å². The van der Waals surface area contributed by atoms with Gasteiger partial charge in [0.15, 0.2) is 0 Å². The van der Waals surface area contributed by atoms with E-state index in [1.54, 1.807) is 0 Å². The number of hydrogen-bond acceptors (Lipinski definition) is 3. The van der Waals surface area contributed by atoms with E-state index in [-0.39, 0.29) is 17.9 Å². The van der Waals surface area contributed by atoms with Gasteiger partial charge in [-0.2, -0.15) is 0 Å². The van der Waals surface area contributed by atoms with Crippen molar-refractivity contribution in [3.8, 4) is 0 Å². The van der Waals surface area contributed by atoms with Crippen molar-refractivity contribution in [2.24, 2.45) is 5.92 Å². The predicted octanol–water partition coefficient (Wildman–Crippen LogP) is 2.36. The van der Waals surface area contributed by atoms with Gasteiger partial charge < -0.3 is 10.2 Å². The Labute approximate surface area is 151 Å². The van der Waals surface area contributed by atoms with Crippen LogP contribution in [0.5, 0.6) is 0 Å². The minimum Gasteiger partial charge on any atom is -0.354 e. The third kappa shape index (κ3) is 5.56. The molecule has 1 N–H and O–H groups in total. The molecule has 2 rings (SSSR count). The Morgan fingerprint density at radius 1 is 1.20 bits per heavy atom. The van der Waals surface area contributed by atoms with Gasteiger partial charge in [0.2, 0.25) is 11.8 Å². The Hall–Kier alpha value is -1.88. The van der Waals surface area contributed by atoms with Gasteiger partial charge >= 0.3 is 0 Å². The molecule has 1 aromatic rings. The number of rotatable bonds is 6. The first-order valence-corrected chi connectivity index (χ1v) is 9.17. The van der Waals surface area contributed by atoms with E-state index in [0.29, 0.717) is 18.9 Å². The molecule has 1 aliphatic heterocycles. The summed E-state index contributed by atoms with van der Waals surface area (Å²) in [6, 6.07) is 7.66. The third-order valence-electron chi connectivity index (χ3n) is 4.93. The number of hydrogen-bond donors (Lipinski definition) is 1. The number of carbonyl (C=O) groups excluding carboxylic acids is 2. The van der Waals surface area contributed by atoms with E-state index in [1.165, 1.54) is 5.56 Å². The average molecular weight is 345 g/mol. The molecular weight excluding hydrogens is 314 g/mol. The summed E-state index contributed by atoms with van der Waals surface area (Å²) >= 11 is 0. The van der Waals surface area contributed by atoms with E-state index < -0.39 is 0 Å². The number of piperidine rings is 1. The van der Waals surface area contributed by atoms with Gasteiger partial charge in [-0.25, -0.2) is 0 Å². The first-order chi connectivity index (χ1) is 11.9. The highest BCUT2D eigenvalue weighted by molar-refractivity contribution is 5.84. The minimum absolute atomic E-state index is 0.0612. The maximum absolute atomic E-state index is 12.6. The second-order valence-corrected chi connectivity index (χ2v) is 7.38. The van der Waals surface area contributed by atoms with E-state index >= 15 is 0 Å². The summed E-state index contributed by atoms with van der Waals surface area (Å²) in [4.78, 5) is 28.7. The van der Waals surface area contributed by atoms with Crippen molar-refractivity contribution >= 4 is 11.8 Å². The number of nitrogens with zero attached hydrogens (tertiary/aromatic N) is 2. The fourth-order valence-corrected chi connectivity index (χ4v) is 3.24. The molecule has 0 unspecified atom stereocenters. The molecule has 0 spiro atoms. The second kappa shape index (κ2) is 8.99. The van der Waals surface area contributed by atoms with Gasteiger partial charge in [-0.05, 0) is 45.3 Å². The van der Waals surface area contributed by atoms with Crippen LogP contribution in [0.25, 0.3) is 0 Å². The van der Waals surface area contributed by atoms with Gasteiger partial charge in [-0.15, -0.1) is 0 Å². The summed E-state index contributed by atoms with van der Waals surface area (Å²) < 4.78 is 0. The van der Waals surface area contributed by atoms with Gasteiger partial charge in [0.25, 0.3) is 0 Å². The highest BCUT2D eigenvalue weighted by Crippen LogP contribution is 2.19. The summed E-state index contributed by atoms with van der Waals surface area (Å²) in [7, 11) is 3.79. The van der Waals surface area contributed by atoms with Crippen molar-refractivity contribution in [3.63, 3.8) is 0 Å². The van der Waals surface area contributed by atoms with Crippen molar-refractivity contribution in [3.05, 3.63) is 35.4 Å². The van der Waals surface area contributed by atoms with Crippen LogP contribution in [0.4, 0.5) is 0 Å². The monoisotopic (exact) mass is 345 g/mol. The molecule has 5 heteroatoms. The molecule has 138 valence electrons. The molecule has 1 heterocycles. The number of nitrogens with one attached hydrogen (secondary N) is 1. The Morgan fingerprint density at radius 2 is 1.80 bits per heavy atom. The molecule has 1 aromatic carbocycles. The minimum atomic E-state index is -0.341. The van der Waals surface area contributed by atoms with Crippen molar-refractivity contribution < 1.29 is 9.59 Å². The van der Waals surface area contributed by atoms with Crippen molar-refractivity contribution in [2.75, 3.05) is 33.7 Å². The first-order valence-electron chi connectivity index (χ1n) is 9.17. The predicted molar refractivity (Wildman–Crippen MR) is 100 cm³/mol. The lowest BCUT2D eigenvalue weighted by Gasteiger charge is -2.30. The number of benzene rings is 1. The molecule has 1 atom stereocenters. The van der Waals surface area contributed by atoms with Crippen LogP contribution in [0.2, 0.25) is 0 Å². The smallest absolute Gasteiger partial charge is 0.241 e. The zero-order chi connectivity index (χ0) is 18.4. The topological polar surface area (TPSA) is 52.7 Å². The SMILES string of the molecule is Cc1ccc([C@H](C(=O)NCCC(=O)N2CCC(C)CC2)N(C)C)cc1. The molecule has 1 fully saturated rings. The van der Waals surface area contributed by atoms with Crippen molar-refractivity contribution in [1.82, 2.24) is 15.1 Å². The van der Waals surface area contributed by atoms with Gasteiger partial charge in [0.05, 0.1) is 0 Å². The highest BCUT2D eigenvalue weighted by Gasteiger charge is 2.24. The number of likely N-dealkylation sites (N-methyl/N-ethyl adjacent to an activating group) is 1. The first kappa shape index (κ1) is 19.4. The van der Waals surface area contributed by atoms with Crippen LogP contribution in [0, 0.1) is 12.8 Å². The summed E-state index contributed by atoms with van der Waals surface area (Å²) in [5.74, 6) is 0.789. The van der Waals surface area contributed by atoms with Crippen molar-refractivity contribution in [2.45, 2.75) is 39.2 Å². The summed E-state index contributed by atoms with van der Waals surface area (Å²) in [5, 5.41) is 2.93. The standard InChI is InChI=1S/C20H31N3O2/c1-15-5-7-17(8-6-15)19(22(3)4)20(25)21-12-9-18(24)23-13-10-16(2)11-14-23/h5-8,16,19H,9-14H2,1-4H3,(H,21,25)/t19-/m1/s1. The molecule has 0 radical (unpaired) electrons. The van der Waals surface area contributed by atoms with E-state index in [2.05, 4.69) is 12.2 Å². The molecule has 0 aromatic heterocycles. The summed E-state index contributed by atoms with van der Waals surface area (Å²) in [6.07, 6.45) is 2.52. The Kier molecular flexibility index (Phi) is 7.00. The van der Waals surface area contributed by atoms with Crippen LogP contribution in [-0.4, -0.2) is 55.3 Å². The molecule has 1 aliphatic rings. The van der Waals surface area contributed by atoms with Crippen LogP contribution in [-0.2, 0) is 9.59 Å². The quantitative estimate of drug-likeness (QED) is 0.861. The lowest BCUT2D eigenvalue weighted by molar-refractivity contribution is -0.132. The maximum Gasteiger partial charge on any atom is 0.241 e. The van der Waals surface area contributed by atoms with Crippen LogP contribution < -0.4 is 5.32 Å². The van der Waals surface area contributed by atoms with Crippen LogP contribution >= 0.6 is 0 Å². The Morgan fingerprint density at radius 3 is 2.36 bits per heavy atom. The number of likely N-dealkylation sites (tertiary alicyclic amines) is 1. The van der Waals surface area contributed by atoms with Crippen molar-refractivity contribution in [1.29, 1.82) is 0 Å². The normalized spacial score (nSPS) is 16.8. The lowest BCUT2D eigenvalue weighted by atomic mass is 9.99. The van der Waals surface area contributed by atoms with Gasteiger partial charge in [-0.1, -0.05) is 36.8 Å². The van der Waals surface area contributed by atoms with E-state index in [9.17, 15) is 9.59 Å². The fraction of sp³-hybridized carbons (Fsp3) is 0.600. The molecule has 0 bridgehead atoms. The van der Waals surface area contributed by atoms with Gasteiger partial charge in [0, 0.05) is 26.1 Å². The van der Waals surface area contributed by atoms with Gasteiger partial charge in [-0.3, -0.25) is 14.5 Å². The van der Waals surface area contributed by atoms with Crippen LogP contribution in [0.1, 0.15) is 43.4 Å². The molecule has 2 amide bonds. The molecule has 25 heavy (non-hydrogen) atoms. The molecule has 5 nitrogen and oxygen atoms in total. The number of aryl methyl sites for hydroxylation is 1. The highest BCUT2D eigenvalue weighted by atomic mass is 16.2. The largest absolute Gasteiger partial charge is 0.354 e. The molecule has 0 saturated carbocycles. The Bertz CT molecular complexity index is 575. The van der Waals surface area contributed by atoms with Gasteiger partial charge in [0.1, 0.15) is 6.04 Å². The zero-order valence-electron chi connectivity index (χ0n) is 15.9. The van der Waals surface area contributed by atoms with Crippen LogP contribution in [0.15, 0.2) is 24.3 Å². The second-order valence-electron chi connectivity index (χ2n) is 7.38. The maximum atomic E-state index is 12.6. The van der Waals surface area contributed by atoms with Crippen LogP contribution in [0.3, 0.4) is 0 Å². The summed E-state index contributed by atoms with van der Waals surface area (Å²) in [6.45, 7) is 6.34. The fourth-order valence-electron chi connectivity index (χ4n) is 3.24. The third-order valence-corrected chi connectivity index (χ3v) is 4.93. The Balaban J connectivity index is 1.85. The summed E-state index contributed by atoms with van der Waals surface area (Å²) in [5.41, 5.74) is 2.13. The molecule has 0 aliphatic carbocycles. The zero-order valence-corrected chi connectivity index (χ0v) is 15.9. The van der Waals surface area contributed by atoms with E-state index in [0.717, 1.165) is 31.5 Å². The van der Waals surface area contributed by atoms with E-state index in [4.69, 9.17) is 0 Å². The lowest BCUT2D eigenvalue weighted by Crippen LogP contribution is -2.41. The number of amides is 2. The molecular formula is C20H31N3O2. The number of carbonyl (C=O) groups is 2.